The lowest BCUT2D eigenvalue weighted by Gasteiger charge is -2.05. The van der Waals surface area contributed by atoms with Crippen LogP contribution in [-0.2, 0) is 21.0 Å². The number of nitrogens with one attached hydrogen (secondary N) is 1. The number of sulfone groups is 1. The molecule has 28 heavy (non-hydrogen) atoms. The van der Waals surface area contributed by atoms with Crippen LogP contribution in [-0.4, -0.2) is 37.9 Å². The number of halogens is 1. The van der Waals surface area contributed by atoms with E-state index in [1.165, 1.54) is 18.4 Å². The molecule has 0 unspecified atom stereocenters. The lowest BCUT2D eigenvalue weighted by atomic mass is 10.1. The highest BCUT2D eigenvalue weighted by atomic mass is 32.2. The van der Waals surface area contributed by atoms with E-state index in [0.717, 1.165) is 22.6 Å². The first-order chi connectivity index (χ1) is 13.4. The third kappa shape index (κ3) is 4.74. The van der Waals surface area contributed by atoms with Gasteiger partial charge < -0.3 is 9.72 Å². The maximum atomic E-state index is 13.3. The summed E-state index contributed by atoms with van der Waals surface area (Å²) in [4.78, 5) is 8.19. The fourth-order valence-corrected chi connectivity index (χ4v) is 3.40. The normalized spacial score (nSPS) is 11.5. The number of ether oxygens (including phenoxy) is 1. The smallest absolute Gasteiger partial charge is 0.175 e. The molecule has 146 valence electrons. The monoisotopic (exact) mass is 400 g/mol. The second kappa shape index (κ2) is 8.50. The molecule has 0 aliphatic rings. The Bertz CT molecular complexity index is 1060. The third-order valence-electron chi connectivity index (χ3n) is 4.16. The van der Waals surface area contributed by atoms with Crippen LogP contribution in [0.1, 0.15) is 5.82 Å². The van der Waals surface area contributed by atoms with Crippen molar-refractivity contribution < 1.29 is 17.5 Å². The summed E-state index contributed by atoms with van der Waals surface area (Å²) in [5.41, 5.74) is 2.96. The predicted molar refractivity (Wildman–Crippen MR) is 107 cm³/mol. The molecule has 2 aromatic carbocycles. The highest BCUT2D eigenvalue weighted by molar-refractivity contribution is 7.90. The van der Waals surface area contributed by atoms with Crippen LogP contribution in [0.25, 0.3) is 22.5 Å². The third-order valence-corrected chi connectivity index (χ3v) is 5.29. The minimum absolute atomic E-state index is 0.247. The Morgan fingerprint density at radius 3 is 2.36 bits per heavy atom. The summed E-state index contributed by atoms with van der Waals surface area (Å²) in [6, 6.07) is 12.7. The van der Waals surface area contributed by atoms with Crippen molar-refractivity contribution in [3.8, 4) is 22.5 Å². The van der Waals surface area contributed by atoms with Gasteiger partial charge in [0.15, 0.2) is 9.84 Å². The van der Waals surface area contributed by atoms with Gasteiger partial charge >= 0.3 is 0 Å². The number of aromatic amines is 1. The van der Waals surface area contributed by atoms with Gasteiger partial charge in [-0.1, -0.05) is 18.2 Å². The van der Waals surface area contributed by atoms with Crippen LogP contribution in [0.5, 0.6) is 0 Å². The molecule has 0 aliphatic heterocycles. The minimum atomic E-state index is -3.27. The fourth-order valence-electron chi connectivity index (χ4n) is 2.77. The van der Waals surface area contributed by atoms with E-state index < -0.39 is 9.84 Å². The Balaban J connectivity index is 1.98. The van der Waals surface area contributed by atoms with Crippen molar-refractivity contribution in [2.24, 2.45) is 0 Å². The second-order valence-corrected chi connectivity index (χ2v) is 8.34. The van der Waals surface area contributed by atoms with Crippen molar-refractivity contribution in [3.05, 3.63) is 72.8 Å². The maximum Gasteiger partial charge on any atom is 0.175 e. The Morgan fingerprint density at radius 2 is 1.75 bits per heavy atom. The molecule has 3 aromatic rings. The molecule has 0 saturated carbocycles. The van der Waals surface area contributed by atoms with Crippen LogP contribution in [0.3, 0.4) is 0 Å². The molecule has 0 spiro atoms. The number of nitrogens with zero attached hydrogens (tertiary/aromatic N) is 1. The standard InChI is InChI=1S/C21H21FN2O3S/c1-3-13-27-14-12-19-23-20(15-4-8-17(22)9-5-15)21(24-19)16-6-10-18(11-7-16)28(2,25)26/h3-11H,1,12-14H2,2H3,(H,23,24). The van der Waals surface area contributed by atoms with Crippen molar-refractivity contribution in [2.45, 2.75) is 11.3 Å². The average Bonchev–Trinajstić information content (AvgIpc) is 3.09. The van der Waals surface area contributed by atoms with E-state index in [1.54, 1.807) is 42.5 Å². The minimum Gasteiger partial charge on any atom is -0.377 e. The van der Waals surface area contributed by atoms with Gasteiger partial charge in [-0.25, -0.2) is 17.8 Å². The first kappa shape index (κ1) is 20.0. The summed E-state index contributed by atoms with van der Waals surface area (Å²) in [5.74, 6) is 0.405. The molecule has 0 bridgehead atoms. The number of hydrogen-bond acceptors (Lipinski definition) is 4. The van der Waals surface area contributed by atoms with Gasteiger partial charge in [0, 0.05) is 23.8 Å². The zero-order valence-electron chi connectivity index (χ0n) is 15.5. The van der Waals surface area contributed by atoms with Crippen LogP contribution in [0.4, 0.5) is 4.39 Å². The molecule has 1 aromatic heterocycles. The maximum absolute atomic E-state index is 13.3. The first-order valence-corrected chi connectivity index (χ1v) is 10.6. The molecule has 0 aliphatic carbocycles. The Kier molecular flexibility index (Phi) is 6.06. The molecule has 1 heterocycles. The van der Waals surface area contributed by atoms with Gasteiger partial charge in [-0.15, -0.1) is 6.58 Å². The number of imidazole rings is 1. The molecule has 0 atom stereocenters. The number of aromatic nitrogens is 2. The Labute approximate surface area is 163 Å². The molecule has 0 radical (unpaired) electrons. The largest absolute Gasteiger partial charge is 0.377 e. The van der Waals surface area contributed by atoms with E-state index in [9.17, 15) is 12.8 Å². The van der Waals surface area contributed by atoms with E-state index >= 15 is 0 Å². The van der Waals surface area contributed by atoms with Crippen molar-refractivity contribution in [1.29, 1.82) is 0 Å². The molecule has 3 rings (SSSR count). The van der Waals surface area contributed by atoms with Gasteiger partial charge in [0.1, 0.15) is 11.6 Å². The van der Waals surface area contributed by atoms with Crippen molar-refractivity contribution in [1.82, 2.24) is 9.97 Å². The zero-order chi connectivity index (χ0) is 20.1. The summed E-state index contributed by atoms with van der Waals surface area (Å²) in [6.07, 6.45) is 3.42. The fraction of sp³-hybridized carbons (Fsp3) is 0.190. The molecule has 0 amide bonds. The van der Waals surface area contributed by atoms with Crippen LogP contribution >= 0.6 is 0 Å². The second-order valence-electron chi connectivity index (χ2n) is 6.32. The molecular weight excluding hydrogens is 379 g/mol. The summed E-state index contributed by atoms with van der Waals surface area (Å²) in [7, 11) is -3.27. The molecule has 1 N–H and O–H groups in total. The van der Waals surface area contributed by atoms with E-state index in [-0.39, 0.29) is 10.7 Å². The zero-order valence-corrected chi connectivity index (χ0v) is 16.3. The van der Waals surface area contributed by atoms with Crippen molar-refractivity contribution in [2.75, 3.05) is 19.5 Å². The summed E-state index contributed by atoms with van der Waals surface area (Å²) in [6.45, 7) is 4.56. The molecule has 0 saturated heterocycles. The van der Waals surface area contributed by atoms with E-state index in [0.29, 0.717) is 25.3 Å². The predicted octanol–water partition coefficient (Wildman–Crippen LogP) is 4.03. The Hall–Kier alpha value is -2.77. The van der Waals surface area contributed by atoms with Gasteiger partial charge in [0.2, 0.25) is 0 Å². The number of rotatable bonds is 8. The van der Waals surface area contributed by atoms with Gasteiger partial charge in [-0.3, -0.25) is 0 Å². The molecule has 5 nitrogen and oxygen atoms in total. The average molecular weight is 400 g/mol. The van der Waals surface area contributed by atoms with Gasteiger partial charge in [-0.05, 0) is 36.4 Å². The molecular formula is C21H21FN2O3S. The summed E-state index contributed by atoms with van der Waals surface area (Å²) >= 11 is 0. The van der Waals surface area contributed by atoms with Crippen LogP contribution in [0, 0.1) is 5.82 Å². The highest BCUT2D eigenvalue weighted by Crippen LogP contribution is 2.31. The number of benzene rings is 2. The number of H-pyrrole nitrogens is 1. The van der Waals surface area contributed by atoms with E-state index in [2.05, 4.69) is 16.5 Å². The van der Waals surface area contributed by atoms with Gasteiger partial charge in [-0.2, -0.15) is 0 Å². The van der Waals surface area contributed by atoms with Crippen molar-refractivity contribution in [3.63, 3.8) is 0 Å². The van der Waals surface area contributed by atoms with Crippen LogP contribution in [0.2, 0.25) is 0 Å². The Morgan fingerprint density at radius 1 is 1.11 bits per heavy atom. The number of hydrogen-bond donors (Lipinski definition) is 1. The van der Waals surface area contributed by atoms with Crippen molar-refractivity contribution >= 4 is 9.84 Å². The van der Waals surface area contributed by atoms with Crippen LogP contribution < -0.4 is 0 Å². The quantitative estimate of drug-likeness (QED) is 0.458. The van der Waals surface area contributed by atoms with Gasteiger partial charge in [0.25, 0.3) is 0 Å². The van der Waals surface area contributed by atoms with E-state index in [4.69, 9.17) is 4.74 Å². The SMILES string of the molecule is C=CCOCCc1nc(-c2ccc(F)cc2)c(-c2ccc(S(C)(=O)=O)cc2)[nH]1. The van der Waals surface area contributed by atoms with Crippen LogP contribution in [0.15, 0.2) is 66.1 Å². The molecule has 7 heteroatoms. The van der Waals surface area contributed by atoms with Gasteiger partial charge in [0.05, 0.1) is 29.5 Å². The summed E-state index contributed by atoms with van der Waals surface area (Å²) < 4.78 is 42.1. The van der Waals surface area contributed by atoms with E-state index in [1.807, 2.05) is 0 Å². The highest BCUT2D eigenvalue weighted by Gasteiger charge is 2.15. The first-order valence-electron chi connectivity index (χ1n) is 8.72. The molecule has 0 fully saturated rings. The topological polar surface area (TPSA) is 72.0 Å². The lowest BCUT2D eigenvalue weighted by Crippen LogP contribution is -2.00. The summed E-state index contributed by atoms with van der Waals surface area (Å²) in [5, 5.41) is 0. The lowest BCUT2D eigenvalue weighted by molar-refractivity contribution is 0.164.